The fourth-order valence-corrected chi connectivity index (χ4v) is 1.96. The van der Waals surface area contributed by atoms with Crippen LogP contribution in [0.25, 0.3) is 0 Å². The Bertz CT molecular complexity index is 725. The third kappa shape index (κ3) is 3.30. The van der Waals surface area contributed by atoms with Gasteiger partial charge in [0.2, 0.25) is 4.77 Å². The van der Waals surface area contributed by atoms with Crippen LogP contribution in [-0.2, 0) is 5.41 Å². The SMILES string of the molecule is COc1cc(/C=N/n2c(C(C)(C)C)n[nH]c2=S)ccc1O. The summed E-state index contributed by atoms with van der Waals surface area (Å²) >= 11 is 5.19. The molecule has 1 heterocycles. The molecule has 1 aromatic heterocycles. The lowest BCUT2D eigenvalue weighted by Crippen LogP contribution is -2.17. The maximum atomic E-state index is 9.58. The lowest BCUT2D eigenvalue weighted by molar-refractivity contribution is 0.373. The number of nitrogens with one attached hydrogen (secondary N) is 1. The van der Waals surface area contributed by atoms with E-state index in [1.165, 1.54) is 7.11 Å². The van der Waals surface area contributed by atoms with Crippen LogP contribution < -0.4 is 4.74 Å². The second-order valence-electron chi connectivity index (χ2n) is 5.59. The molecule has 0 aliphatic heterocycles. The van der Waals surface area contributed by atoms with Gasteiger partial charge in [0.05, 0.1) is 13.3 Å². The number of H-pyrrole nitrogens is 1. The Hall–Kier alpha value is -2.15. The minimum Gasteiger partial charge on any atom is -0.504 e. The highest BCUT2D eigenvalue weighted by atomic mass is 32.1. The first-order chi connectivity index (χ1) is 9.82. The maximum Gasteiger partial charge on any atom is 0.216 e. The van der Waals surface area contributed by atoms with Crippen molar-refractivity contribution in [3.63, 3.8) is 0 Å². The van der Waals surface area contributed by atoms with E-state index in [1.807, 2.05) is 20.8 Å². The van der Waals surface area contributed by atoms with E-state index in [9.17, 15) is 5.11 Å². The van der Waals surface area contributed by atoms with Crippen molar-refractivity contribution < 1.29 is 9.84 Å². The molecule has 0 spiro atoms. The van der Waals surface area contributed by atoms with Crippen molar-refractivity contribution in [3.8, 4) is 11.5 Å². The molecule has 1 aromatic carbocycles. The number of methoxy groups -OCH3 is 1. The topological polar surface area (TPSA) is 75.4 Å². The van der Waals surface area contributed by atoms with E-state index < -0.39 is 0 Å². The fourth-order valence-electron chi connectivity index (χ4n) is 1.78. The summed E-state index contributed by atoms with van der Waals surface area (Å²) in [6, 6.07) is 4.99. The minimum atomic E-state index is -0.183. The van der Waals surface area contributed by atoms with E-state index in [0.29, 0.717) is 10.5 Å². The number of ether oxygens (including phenoxy) is 1. The molecule has 0 bridgehead atoms. The second kappa shape index (κ2) is 5.69. The molecule has 2 N–H and O–H groups in total. The number of phenolic OH excluding ortho intramolecular Hbond substituents is 1. The molecule has 7 heteroatoms. The summed E-state index contributed by atoms with van der Waals surface area (Å²) in [5, 5.41) is 20.9. The summed E-state index contributed by atoms with van der Waals surface area (Å²) in [6.07, 6.45) is 1.64. The highest BCUT2D eigenvalue weighted by molar-refractivity contribution is 7.71. The van der Waals surface area contributed by atoms with Gasteiger partial charge in [-0.3, -0.25) is 5.10 Å². The molecule has 0 aliphatic carbocycles. The second-order valence-corrected chi connectivity index (χ2v) is 5.98. The smallest absolute Gasteiger partial charge is 0.216 e. The average molecular weight is 306 g/mol. The quantitative estimate of drug-likeness (QED) is 0.675. The van der Waals surface area contributed by atoms with Crippen molar-refractivity contribution in [2.45, 2.75) is 26.2 Å². The van der Waals surface area contributed by atoms with Crippen LogP contribution in [0.5, 0.6) is 11.5 Å². The van der Waals surface area contributed by atoms with Crippen molar-refractivity contribution in [3.05, 3.63) is 34.4 Å². The zero-order valence-corrected chi connectivity index (χ0v) is 13.2. The van der Waals surface area contributed by atoms with E-state index in [2.05, 4.69) is 15.3 Å². The summed E-state index contributed by atoms with van der Waals surface area (Å²) in [5.74, 6) is 1.23. The number of aromatic amines is 1. The first-order valence-electron chi connectivity index (χ1n) is 6.42. The molecule has 0 unspecified atom stereocenters. The number of aromatic hydroxyl groups is 1. The Morgan fingerprint density at radius 3 is 2.76 bits per heavy atom. The summed E-state index contributed by atoms with van der Waals surface area (Å²) in [6.45, 7) is 6.11. The number of phenols is 1. The molecule has 112 valence electrons. The van der Waals surface area contributed by atoms with Crippen molar-refractivity contribution >= 4 is 18.4 Å². The molecule has 0 aliphatic rings. The number of hydrogen-bond acceptors (Lipinski definition) is 5. The van der Waals surface area contributed by atoms with Gasteiger partial charge < -0.3 is 9.84 Å². The van der Waals surface area contributed by atoms with Gasteiger partial charge in [-0.2, -0.15) is 14.9 Å². The predicted octanol–water partition coefficient (Wildman–Crippen LogP) is 2.83. The predicted molar refractivity (Wildman–Crippen MR) is 83.8 cm³/mol. The maximum absolute atomic E-state index is 9.58. The minimum absolute atomic E-state index is 0.0879. The molecule has 0 amide bonds. The van der Waals surface area contributed by atoms with Gasteiger partial charge in [0.15, 0.2) is 17.3 Å². The third-order valence-corrected chi connectivity index (χ3v) is 3.11. The molecule has 0 saturated carbocycles. The molecule has 0 saturated heterocycles. The van der Waals surface area contributed by atoms with Crippen LogP contribution >= 0.6 is 12.2 Å². The molecule has 6 nitrogen and oxygen atoms in total. The summed E-state index contributed by atoms with van der Waals surface area (Å²) in [5.41, 5.74) is 0.602. The van der Waals surface area contributed by atoms with E-state index in [4.69, 9.17) is 17.0 Å². The standard InChI is InChI=1S/C14H18N4O2S/c1-14(2,3)12-16-17-13(21)18(12)15-8-9-5-6-10(19)11(7-9)20-4/h5-8,19H,1-4H3,(H,17,21)/b15-8+. The fraction of sp³-hybridized carbons (Fsp3) is 0.357. The molecule has 0 fully saturated rings. The molecule has 21 heavy (non-hydrogen) atoms. The van der Waals surface area contributed by atoms with Crippen molar-refractivity contribution in [1.29, 1.82) is 0 Å². The number of benzene rings is 1. The Balaban J connectivity index is 2.39. The number of nitrogens with zero attached hydrogens (tertiary/aromatic N) is 3. The molecule has 0 radical (unpaired) electrons. The van der Waals surface area contributed by atoms with E-state index in [-0.39, 0.29) is 11.2 Å². The highest BCUT2D eigenvalue weighted by Crippen LogP contribution is 2.25. The Morgan fingerprint density at radius 2 is 2.14 bits per heavy atom. The molecular weight excluding hydrogens is 288 g/mol. The Morgan fingerprint density at radius 1 is 1.43 bits per heavy atom. The first-order valence-corrected chi connectivity index (χ1v) is 6.83. The van der Waals surface area contributed by atoms with Crippen LogP contribution in [0.2, 0.25) is 0 Å². The van der Waals surface area contributed by atoms with Gasteiger partial charge in [0.25, 0.3) is 0 Å². The van der Waals surface area contributed by atoms with Crippen molar-refractivity contribution in [2.24, 2.45) is 5.10 Å². The van der Waals surface area contributed by atoms with Gasteiger partial charge in [-0.05, 0) is 36.0 Å². The monoisotopic (exact) mass is 306 g/mol. The van der Waals surface area contributed by atoms with Crippen molar-refractivity contribution in [2.75, 3.05) is 7.11 Å². The van der Waals surface area contributed by atoms with Crippen LogP contribution in [0.4, 0.5) is 0 Å². The summed E-state index contributed by atoms with van der Waals surface area (Å²) in [7, 11) is 1.50. The Labute approximate surface area is 128 Å². The van der Waals surface area contributed by atoms with Gasteiger partial charge in [0, 0.05) is 5.41 Å². The van der Waals surface area contributed by atoms with Crippen LogP contribution in [0.3, 0.4) is 0 Å². The average Bonchev–Trinajstić information content (AvgIpc) is 2.79. The Kier molecular flexibility index (Phi) is 4.13. The van der Waals surface area contributed by atoms with E-state index in [1.54, 1.807) is 29.1 Å². The first kappa shape index (κ1) is 15.2. The lowest BCUT2D eigenvalue weighted by Gasteiger charge is -2.15. The van der Waals surface area contributed by atoms with Gasteiger partial charge >= 0.3 is 0 Å². The van der Waals surface area contributed by atoms with Crippen molar-refractivity contribution in [1.82, 2.24) is 14.9 Å². The van der Waals surface area contributed by atoms with Gasteiger partial charge in [-0.15, -0.1) is 0 Å². The normalized spacial score (nSPS) is 12.0. The van der Waals surface area contributed by atoms with Gasteiger partial charge in [-0.1, -0.05) is 20.8 Å². The number of rotatable bonds is 3. The third-order valence-electron chi connectivity index (χ3n) is 2.85. The summed E-state index contributed by atoms with van der Waals surface area (Å²) in [4.78, 5) is 0. The highest BCUT2D eigenvalue weighted by Gasteiger charge is 2.21. The van der Waals surface area contributed by atoms with Crippen LogP contribution in [0.15, 0.2) is 23.3 Å². The zero-order chi connectivity index (χ0) is 15.6. The number of hydrogen-bond donors (Lipinski definition) is 2. The van der Waals surface area contributed by atoms with E-state index in [0.717, 1.165) is 11.4 Å². The lowest BCUT2D eigenvalue weighted by atomic mass is 9.96. The van der Waals surface area contributed by atoms with E-state index >= 15 is 0 Å². The molecule has 0 atom stereocenters. The number of aromatic nitrogens is 3. The molecule has 2 aromatic rings. The molecular formula is C14H18N4O2S. The van der Waals surface area contributed by atoms with Gasteiger partial charge in [-0.25, -0.2) is 0 Å². The zero-order valence-electron chi connectivity index (χ0n) is 12.4. The van der Waals surface area contributed by atoms with Crippen LogP contribution in [-0.4, -0.2) is 33.3 Å². The van der Waals surface area contributed by atoms with Crippen LogP contribution in [0, 0.1) is 4.77 Å². The summed E-state index contributed by atoms with van der Waals surface area (Å²) < 4.78 is 7.09. The molecule has 2 rings (SSSR count). The largest absolute Gasteiger partial charge is 0.504 e. The van der Waals surface area contributed by atoms with Crippen LogP contribution in [0.1, 0.15) is 32.2 Å². The van der Waals surface area contributed by atoms with Gasteiger partial charge in [0.1, 0.15) is 0 Å².